The number of anilines is 1. The average molecular weight is 237 g/mol. The highest BCUT2D eigenvalue weighted by Gasteiger charge is 2.40. The second-order valence-corrected chi connectivity index (χ2v) is 5.95. The summed E-state index contributed by atoms with van der Waals surface area (Å²) in [6.07, 6.45) is 0.218. The van der Waals surface area contributed by atoms with Crippen molar-refractivity contribution in [2.75, 3.05) is 17.8 Å². The molecule has 2 atom stereocenters. The molecule has 0 unspecified atom stereocenters. The van der Waals surface area contributed by atoms with Gasteiger partial charge in [0, 0.05) is 18.2 Å². The Morgan fingerprint density at radius 3 is 3.06 bits per heavy atom. The van der Waals surface area contributed by atoms with Crippen molar-refractivity contribution in [3.8, 4) is 0 Å². The van der Waals surface area contributed by atoms with Crippen LogP contribution in [-0.2, 0) is 9.05 Å². The Morgan fingerprint density at radius 2 is 2.25 bits per heavy atom. The zero-order valence-corrected chi connectivity index (χ0v) is 10.5. The first-order valence-electron chi connectivity index (χ1n) is 5.72. The Labute approximate surface area is 97.3 Å². The summed E-state index contributed by atoms with van der Waals surface area (Å²) in [7, 11) is -0.886. The van der Waals surface area contributed by atoms with Gasteiger partial charge < -0.3 is 13.7 Å². The van der Waals surface area contributed by atoms with Gasteiger partial charge in [-0.2, -0.15) is 0 Å². The molecule has 0 saturated carbocycles. The number of hydrogen-bond acceptors (Lipinski definition) is 3. The van der Waals surface area contributed by atoms with Crippen LogP contribution in [0.1, 0.15) is 25.3 Å². The molecule has 4 heteroatoms. The van der Waals surface area contributed by atoms with Gasteiger partial charge in [-0.3, -0.25) is 0 Å². The van der Waals surface area contributed by atoms with Crippen LogP contribution in [-0.4, -0.2) is 19.3 Å². The highest BCUT2D eigenvalue weighted by molar-refractivity contribution is 7.49. The number of hydrogen-bond donors (Lipinski definition) is 0. The Hall–Kier alpha value is -0.630. The van der Waals surface area contributed by atoms with Crippen molar-refractivity contribution >= 4 is 14.2 Å². The fourth-order valence-corrected chi connectivity index (χ4v) is 3.93. The monoisotopic (exact) mass is 237 g/mol. The third kappa shape index (κ3) is 1.64. The van der Waals surface area contributed by atoms with Crippen molar-refractivity contribution in [2.24, 2.45) is 0 Å². The number of para-hydroxylation sites is 1. The van der Waals surface area contributed by atoms with Crippen LogP contribution >= 0.6 is 8.53 Å². The van der Waals surface area contributed by atoms with Crippen molar-refractivity contribution < 1.29 is 9.05 Å². The summed E-state index contributed by atoms with van der Waals surface area (Å²) in [5.74, 6) is 0.533. The van der Waals surface area contributed by atoms with E-state index in [2.05, 4.69) is 42.8 Å². The van der Waals surface area contributed by atoms with E-state index in [0.29, 0.717) is 5.92 Å². The zero-order valence-electron chi connectivity index (χ0n) is 9.59. The number of benzene rings is 1. The number of nitrogens with zero attached hydrogens (tertiary/aromatic N) is 1. The van der Waals surface area contributed by atoms with E-state index >= 15 is 0 Å². The molecule has 3 rings (SSSR count). The van der Waals surface area contributed by atoms with E-state index < -0.39 is 8.53 Å². The lowest BCUT2D eigenvalue weighted by Gasteiger charge is -2.32. The fraction of sp³-hybridized carbons (Fsp3) is 0.500. The molecule has 0 spiro atoms. The van der Waals surface area contributed by atoms with Crippen LogP contribution in [0, 0.1) is 0 Å². The lowest BCUT2D eigenvalue weighted by molar-refractivity contribution is 0.189. The van der Waals surface area contributed by atoms with Crippen LogP contribution in [0.3, 0.4) is 0 Å². The Kier molecular flexibility index (Phi) is 2.62. The molecule has 0 aliphatic carbocycles. The number of rotatable bonds is 2. The van der Waals surface area contributed by atoms with Gasteiger partial charge >= 0.3 is 0 Å². The van der Waals surface area contributed by atoms with Gasteiger partial charge in [-0.05, 0) is 25.5 Å². The molecule has 86 valence electrons. The molecular weight excluding hydrogens is 221 g/mol. The van der Waals surface area contributed by atoms with Gasteiger partial charge in [-0.15, -0.1) is 0 Å². The minimum Gasteiger partial charge on any atom is -0.317 e. The van der Waals surface area contributed by atoms with E-state index in [0.717, 1.165) is 13.2 Å². The van der Waals surface area contributed by atoms with Crippen molar-refractivity contribution in [3.63, 3.8) is 0 Å². The van der Waals surface area contributed by atoms with E-state index in [4.69, 9.17) is 9.05 Å². The van der Waals surface area contributed by atoms with E-state index in [-0.39, 0.29) is 6.10 Å². The van der Waals surface area contributed by atoms with Gasteiger partial charge in [0.2, 0.25) is 0 Å². The molecule has 2 bridgehead atoms. The lowest BCUT2D eigenvalue weighted by atomic mass is 10.0. The molecule has 0 radical (unpaired) electrons. The maximum Gasteiger partial charge on any atom is 0.290 e. The molecule has 1 aromatic rings. The molecule has 0 aromatic heterocycles. The standard InChI is InChI=1S/C12H16NO2P/c1-9(2)15-16-13-7-10(8-14-16)11-5-3-4-6-12(11)13/h3-6,9-10H,7-8H2,1-2H3/t10-,16+/m0/s1. The molecule has 3 nitrogen and oxygen atoms in total. The number of fused-ring (bicyclic) bond motifs is 5. The second kappa shape index (κ2) is 3.99. The third-order valence-corrected chi connectivity index (χ3v) is 4.68. The maximum atomic E-state index is 5.85. The van der Waals surface area contributed by atoms with Gasteiger partial charge in [-0.1, -0.05) is 18.2 Å². The summed E-state index contributed by atoms with van der Waals surface area (Å²) in [5.41, 5.74) is 2.72. The largest absolute Gasteiger partial charge is 0.317 e. The summed E-state index contributed by atoms with van der Waals surface area (Å²) in [4.78, 5) is 0. The minimum atomic E-state index is -0.886. The molecule has 0 N–H and O–H groups in total. The predicted molar refractivity (Wildman–Crippen MR) is 65.6 cm³/mol. The zero-order chi connectivity index (χ0) is 11.1. The van der Waals surface area contributed by atoms with Crippen molar-refractivity contribution in [2.45, 2.75) is 25.9 Å². The Morgan fingerprint density at radius 1 is 1.44 bits per heavy atom. The SMILES string of the molecule is CC(C)O[P@@]1OC[C@@H]2CN1c1ccccc12. The first-order valence-corrected chi connectivity index (χ1v) is 6.85. The summed E-state index contributed by atoms with van der Waals surface area (Å²) in [6, 6.07) is 8.56. The van der Waals surface area contributed by atoms with Crippen LogP contribution in [0.5, 0.6) is 0 Å². The second-order valence-electron chi connectivity index (χ2n) is 4.53. The minimum absolute atomic E-state index is 0.218. The van der Waals surface area contributed by atoms with E-state index in [1.807, 2.05) is 0 Å². The molecular formula is C12H16NO2P. The van der Waals surface area contributed by atoms with Crippen molar-refractivity contribution in [1.29, 1.82) is 0 Å². The van der Waals surface area contributed by atoms with Gasteiger partial charge in [0.25, 0.3) is 8.53 Å². The van der Waals surface area contributed by atoms with Crippen molar-refractivity contribution in [3.05, 3.63) is 29.8 Å². The van der Waals surface area contributed by atoms with Gasteiger partial charge in [-0.25, -0.2) is 0 Å². The maximum absolute atomic E-state index is 5.85. The van der Waals surface area contributed by atoms with E-state index in [1.54, 1.807) is 0 Å². The van der Waals surface area contributed by atoms with Crippen LogP contribution < -0.4 is 4.67 Å². The smallest absolute Gasteiger partial charge is 0.290 e. The third-order valence-electron chi connectivity index (χ3n) is 2.93. The van der Waals surface area contributed by atoms with E-state index in [1.165, 1.54) is 11.3 Å². The molecule has 1 aromatic carbocycles. The van der Waals surface area contributed by atoms with Crippen LogP contribution in [0.2, 0.25) is 0 Å². The van der Waals surface area contributed by atoms with Crippen molar-refractivity contribution in [1.82, 2.24) is 0 Å². The molecule has 2 heterocycles. The van der Waals surface area contributed by atoms with Gasteiger partial charge in [0.05, 0.1) is 12.7 Å². The van der Waals surface area contributed by atoms with E-state index in [9.17, 15) is 0 Å². The van der Waals surface area contributed by atoms with Gasteiger partial charge in [0.1, 0.15) is 0 Å². The van der Waals surface area contributed by atoms with Gasteiger partial charge in [0.15, 0.2) is 0 Å². The molecule has 1 saturated heterocycles. The molecule has 0 amide bonds. The highest BCUT2D eigenvalue weighted by Crippen LogP contribution is 2.57. The summed E-state index contributed by atoms with van der Waals surface area (Å²) < 4.78 is 14.0. The highest BCUT2D eigenvalue weighted by atomic mass is 31.2. The summed E-state index contributed by atoms with van der Waals surface area (Å²) in [6.45, 7) is 5.96. The van der Waals surface area contributed by atoms with Crippen LogP contribution in [0.4, 0.5) is 5.69 Å². The lowest BCUT2D eigenvalue weighted by Crippen LogP contribution is -2.26. The molecule has 1 fully saturated rings. The first-order chi connectivity index (χ1) is 7.75. The van der Waals surface area contributed by atoms with Crippen LogP contribution in [0.25, 0.3) is 0 Å². The molecule has 2 aliphatic rings. The van der Waals surface area contributed by atoms with Crippen LogP contribution in [0.15, 0.2) is 24.3 Å². The normalized spacial score (nSPS) is 27.3. The molecule has 2 aliphatic heterocycles. The quantitative estimate of drug-likeness (QED) is 0.737. The first kappa shape index (κ1) is 10.5. The fourth-order valence-electron chi connectivity index (χ4n) is 2.26. The Bertz CT molecular complexity index is 396. The summed E-state index contributed by atoms with van der Waals surface area (Å²) in [5, 5.41) is 0. The Balaban J connectivity index is 1.90. The average Bonchev–Trinajstić information content (AvgIpc) is 2.58. The topological polar surface area (TPSA) is 21.7 Å². The molecule has 16 heavy (non-hydrogen) atoms. The summed E-state index contributed by atoms with van der Waals surface area (Å²) >= 11 is 0. The predicted octanol–water partition coefficient (Wildman–Crippen LogP) is 3.27.